The second-order valence-electron chi connectivity index (χ2n) is 5.32. The summed E-state index contributed by atoms with van der Waals surface area (Å²) in [5.41, 5.74) is 0. The largest absolute Gasteiger partial charge is 0.480 e. The van der Waals surface area contributed by atoms with E-state index in [2.05, 4.69) is 24.1 Å². The van der Waals surface area contributed by atoms with Gasteiger partial charge >= 0.3 is 5.97 Å². The third kappa shape index (κ3) is 5.36. The highest BCUT2D eigenvalue weighted by molar-refractivity contribution is 5.73. The number of nitrogens with zero attached hydrogens (tertiary/aromatic N) is 1. The molecule has 4 nitrogen and oxygen atoms in total. The molecule has 4 heteroatoms. The molecule has 18 heavy (non-hydrogen) atoms. The standard InChI is InChI=1S/C14H28N2O2/c1-3-9-15-13(14(17)18)8-10-16(4-2)11-12-6-5-7-12/h12-13,15H,3-11H2,1-2H3,(H,17,18). The van der Waals surface area contributed by atoms with E-state index in [1.165, 1.54) is 19.3 Å². The molecule has 0 aromatic carbocycles. The van der Waals surface area contributed by atoms with Crippen molar-refractivity contribution in [3.63, 3.8) is 0 Å². The smallest absolute Gasteiger partial charge is 0.320 e. The van der Waals surface area contributed by atoms with Gasteiger partial charge in [0.05, 0.1) is 0 Å². The van der Waals surface area contributed by atoms with E-state index >= 15 is 0 Å². The molecule has 2 N–H and O–H groups in total. The van der Waals surface area contributed by atoms with Gasteiger partial charge in [-0.2, -0.15) is 0 Å². The van der Waals surface area contributed by atoms with Crippen LogP contribution in [-0.4, -0.2) is 48.2 Å². The van der Waals surface area contributed by atoms with Crippen LogP contribution in [0.1, 0.15) is 46.0 Å². The first-order valence-electron chi connectivity index (χ1n) is 7.35. The molecule has 0 aliphatic heterocycles. The first-order valence-corrected chi connectivity index (χ1v) is 7.35. The summed E-state index contributed by atoms with van der Waals surface area (Å²) < 4.78 is 0. The van der Waals surface area contributed by atoms with E-state index in [-0.39, 0.29) is 6.04 Å². The molecule has 1 aliphatic carbocycles. The van der Waals surface area contributed by atoms with Crippen molar-refractivity contribution in [3.8, 4) is 0 Å². The monoisotopic (exact) mass is 256 g/mol. The topological polar surface area (TPSA) is 52.6 Å². The summed E-state index contributed by atoms with van der Waals surface area (Å²) in [6, 6.07) is -0.389. The maximum Gasteiger partial charge on any atom is 0.320 e. The molecule has 1 aliphatic rings. The van der Waals surface area contributed by atoms with Crippen LogP contribution >= 0.6 is 0 Å². The van der Waals surface area contributed by atoms with Crippen molar-refractivity contribution in [3.05, 3.63) is 0 Å². The second-order valence-corrected chi connectivity index (χ2v) is 5.32. The van der Waals surface area contributed by atoms with E-state index in [0.29, 0.717) is 6.42 Å². The number of carboxylic acid groups (broad SMARTS) is 1. The molecule has 1 atom stereocenters. The SMILES string of the molecule is CCCNC(CCN(CC)CC1CCC1)C(=O)O. The highest BCUT2D eigenvalue weighted by Crippen LogP contribution is 2.27. The molecule has 0 aromatic heterocycles. The zero-order valence-corrected chi connectivity index (χ0v) is 11.8. The molecule has 1 fully saturated rings. The minimum absolute atomic E-state index is 0.389. The number of carboxylic acids is 1. The van der Waals surface area contributed by atoms with E-state index in [1.54, 1.807) is 0 Å². The Labute approximate surface area is 111 Å². The van der Waals surface area contributed by atoms with Crippen molar-refractivity contribution in [1.82, 2.24) is 10.2 Å². The van der Waals surface area contributed by atoms with E-state index in [0.717, 1.165) is 38.5 Å². The van der Waals surface area contributed by atoms with Crippen LogP contribution in [0.3, 0.4) is 0 Å². The van der Waals surface area contributed by atoms with Gasteiger partial charge in [-0.25, -0.2) is 0 Å². The van der Waals surface area contributed by atoms with Gasteiger partial charge in [-0.1, -0.05) is 20.3 Å². The molecular weight excluding hydrogens is 228 g/mol. The Morgan fingerprint density at radius 1 is 1.44 bits per heavy atom. The Kier molecular flexibility index (Phi) is 7.28. The molecule has 0 bridgehead atoms. The molecule has 106 valence electrons. The lowest BCUT2D eigenvalue weighted by Crippen LogP contribution is -2.41. The summed E-state index contributed by atoms with van der Waals surface area (Å²) >= 11 is 0. The number of carbonyl (C=O) groups is 1. The van der Waals surface area contributed by atoms with E-state index < -0.39 is 5.97 Å². The van der Waals surface area contributed by atoms with Crippen molar-refractivity contribution in [1.29, 1.82) is 0 Å². The zero-order chi connectivity index (χ0) is 13.4. The van der Waals surface area contributed by atoms with Crippen LogP contribution in [-0.2, 0) is 4.79 Å². The first-order chi connectivity index (χ1) is 8.67. The van der Waals surface area contributed by atoms with Gasteiger partial charge in [0, 0.05) is 13.1 Å². The van der Waals surface area contributed by atoms with E-state index in [4.69, 9.17) is 5.11 Å². The van der Waals surface area contributed by atoms with Crippen LogP contribution in [0.15, 0.2) is 0 Å². The number of aliphatic carboxylic acids is 1. The highest BCUT2D eigenvalue weighted by Gasteiger charge is 2.22. The third-order valence-corrected chi connectivity index (χ3v) is 3.86. The summed E-state index contributed by atoms with van der Waals surface area (Å²) in [5, 5.41) is 12.2. The average molecular weight is 256 g/mol. The zero-order valence-electron chi connectivity index (χ0n) is 11.8. The minimum atomic E-state index is -0.719. The molecule has 0 amide bonds. The second kappa shape index (κ2) is 8.48. The molecule has 0 radical (unpaired) electrons. The molecule has 0 spiro atoms. The van der Waals surface area contributed by atoms with Gasteiger partial charge in [0.1, 0.15) is 6.04 Å². The quantitative estimate of drug-likeness (QED) is 0.627. The minimum Gasteiger partial charge on any atom is -0.480 e. The van der Waals surface area contributed by atoms with Crippen molar-refractivity contribution < 1.29 is 9.90 Å². The molecule has 0 heterocycles. The van der Waals surface area contributed by atoms with Crippen molar-refractivity contribution in [2.45, 2.75) is 52.0 Å². The van der Waals surface area contributed by atoms with Gasteiger partial charge in [-0.15, -0.1) is 0 Å². The number of hydrogen-bond donors (Lipinski definition) is 2. The van der Waals surface area contributed by atoms with Crippen LogP contribution in [0, 0.1) is 5.92 Å². The van der Waals surface area contributed by atoms with Crippen molar-refractivity contribution in [2.24, 2.45) is 5.92 Å². The van der Waals surface area contributed by atoms with E-state index in [1.807, 2.05) is 0 Å². The lowest BCUT2D eigenvalue weighted by atomic mass is 9.85. The predicted molar refractivity (Wildman–Crippen MR) is 73.8 cm³/mol. The Hall–Kier alpha value is -0.610. The van der Waals surface area contributed by atoms with E-state index in [9.17, 15) is 4.79 Å². The normalized spacial score (nSPS) is 17.7. The summed E-state index contributed by atoms with van der Waals surface area (Å²) in [6.45, 7) is 8.06. The lowest BCUT2D eigenvalue weighted by molar-refractivity contribution is -0.139. The van der Waals surface area contributed by atoms with Crippen LogP contribution < -0.4 is 5.32 Å². The fourth-order valence-electron chi connectivity index (χ4n) is 2.36. The lowest BCUT2D eigenvalue weighted by Gasteiger charge is -2.32. The maximum atomic E-state index is 11.1. The van der Waals surface area contributed by atoms with Crippen LogP contribution in [0.25, 0.3) is 0 Å². The Morgan fingerprint density at radius 2 is 2.17 bits per heavy atom. The Balaban J connectivity index is 2.26. The summed E-state index contributed by atoms with van der Waals surface area (Å²) in [4.78, 5) is 13.5. The summed E-state index contributed by atoms with van der Waals surface area (Å²) in [7, 11) is 0. The number of rotatable bonds is 10. The molecule has 0 aromatic rings. The molecule has 1 rings (SSSR count). The van der Waals surface area contributed by atoms with Crippen LogP contribution in [0.5, 0.6) is 0 Å². The molecule has 1 saturated carbocycles. The highest BCUT2D eigenvalue weighted by atomic mass is 16.4. The number of hydrogen-bond acceptors (Lipinski definition) is 3. The van der Waals surface area contributed by atoms with Gasteiger partial charge in [-0.3, -0.25) is 4.79 Å². The Morgan fingerprint density at radius 3 is 2.61 bits per heavy atom. The van der Waals surface area contributed by atoms with Gasteiger partial charge < -0.3 is 15.3 Å². The third-order valence-electron chi connectivity index (χ3n) is 3.86. The molecular formula is C14H28N2O2. The fraction of sp³-hybridized carbons (Fsp3) is 0.929. The van der Waals surface area contributed by atoms with Gasteiger partial charge in [0.2, 0.25) is 0 Å². The van der Waals surface area contributed by atoms with Gasteiger partial charge in [0.15, 0.2) is 0 Å². The predicted octanol–water partition coefficient (Wildman–Crippen LogP) is 1.95. The number of nitrogens with one attached hydrogen (secondary N) is 1. The molecule has 0 saturated heterocycles. The van der Waals surface area contributed by atoms with Gasteiger partial charge in [0.25, 0.3) is 0 Å². The first kappa shape index (κ1) is 15.4. The average Bonchev–Trinajstić information content (AvgIpc) is 2.30. The fourth-order valence-corrected chi connectivity index (χ4v) is 2.36. The van der Waals surface area contributed by atoms with Crippen LogP contribution in [0.2, 0.25) is 0 Å². The van der Waals surface area contributed by atoms with Crippen LogP contribution in [0.4, 0.5) is 0 Å². The maximum absolute atomic E-state index is 11.1. The van der Waals surface area contributed by atoms with Gasteiger partial charge in [-0.05, 0) is 44.7 Å². The Bertz CT molecular complexity index is 242. The van der Waals surface area contributed by atoms with Crippen molar-refractivity contribution in [2.75, 3.05) is 26.2 Å². The molecule has 1 unspecified atom stereocenters. The summed E-state index contributed by atoms with van der Waals surface area (Å²) in [6.07, 6.45) is 5.76. The summed E-state index contributed by atoms with van der Waals surface area (Å²) in [5.74, 6) is 0.139. The van der Waals surface area contributed by atoms with Crippen molar-refractivity contribution >= 4 is 5.97 Å².